The van der Waals surface area contributed by atoms with Gasteiger partial charge in [0.25, 0.3) is 0 Å². The highest BCUT2D eigenvalue weighted by atomic mass is 15.2. The summed E-state index contributed by atoms with van der Waals surface area (Å²) in [6.07, 6.45) is 7.52. The SMILES string of the molecule is CCc1ccc(CN2CCc3[nH]cnc3[C@H]2c2nc[nH]c2C)nc1. The van der Waals surface area contributed by atoms with E-state index in [9.17, 15) is 0 Å². The third kappa shape index (κ3) is 2.63. The molecule has 6 nitrogen and oxygen atoms in total. The third-order valence-corrected chi connectivity index (χ3v) is 4.81. The first-order valence-corrected chi connectivity index (χ1v) is 8.46. The van der Waals surface area contributed by atoms with Gasteiger partial charge < -0.3 is 9.97 Å². The number of aromatic amines is 2. The van der Waals surface area contributed by atoms with Gasteiger partial charge in [-0.15, -0.1) is 0 Å². The van der Waals surface area contributed by atoms with Crippen LogP contribution in [0.5, 0.6) is 0 Å². The average Bonchev–Trinajstić information content (AvgIpc) is 3.24. The van der Waals surface area contributed by atoms with Crippen molar-refractivity contribution in [1.82, 2.24) is 29.8 Å². The second-order valence-corrected chi connectivity index (χ2v) is 6.31. The molecule has 0 amide bonds. The van der Waals surface area contributed by atoms with Crippen LogP contribution in [0.15, 0.2) is 31.0 Å². The molecule has 0 saturated heterocycles. The van der Waals surface area contributed by atoms with Crippen molar-refractivity contribution in [3.05, 3.63) is 65.0 Å². The molecule has 1 aliphatic heterocycles. The molecule has 4 heterocycles. The second kappa shape index (κ2) is 6.20. The van der Waals surface area contributed by atoms with E-state index in [1.165, 1.54) is 11.3 Å². The van der Waals surface area contributed by atoms with Crippen molar-refractivity contribution in [1.29, 1.82) is 0 Å². The zero-order valence-corrected chi connectivity index (χ0v) is 14.1. The highest BCUT2D eigenvalue weighted by Gasteiger charge is 2.33. The Labute approximate surface area is 141 Å². The van der Waals surface area contributed by atoms with Crippen LogP contribution in [0, 0.1) is 6.92 Å². The summed E-state index contributed by atoms with van der Waals surface area (Å²) in [7, 11) is 0. The van der Waals surface area contributed by atoms with Crippen molar-refractivity contribution in [2.75, 3.05) is 6.54 Å². The van der Waals surface area contributed by atoms with Gasteiger partial charge in [-0.3, -0.25) is 9.88 Å². The van der Waals surface area contributed by atoms with Gasteiger partial charge in [0, 0.05) is 37.1 Å². The van der Waals surface area contributed by atoms with Crippen LogP contribution in [-0.2, 0) is 19.4 Å². The average molecular weight is 322 g/mol. The van der Waals surface area contributed by atoms with Crippen LogP contribution < -0.4 is 0 Å². The summed E-state index contributed by atoms with van der Waals surface area (Å²) < 4.78 is 0. The molecule has 0 aromatic carbocycles. The summed E-state index contributed by atoms with van der Waals surface area (Å²) in [5.74, 6) is 0. The molecule has 0 spiro atoms. The molecular formula is C18H22N6. The van der Waals surface area contributed by atoms with Crippen LogP contribution in [0.2, 0.25) is 0 Å². The molecule has 3 aromatic rings. The van der Waals surface area contributed by atoms with Gasteiger partial charge in [-0.1, -0.05) is 13.0 Å². The van der Waals surface area contributed by atoms with E-state index in [1.807, 2.05) is 6.20 Å². The fourth-order valence-corrected chi connectivity index (χ4v) is 3.41. The topological polar surface area (TPSA) is 73.5 Å². The Bertz CT molecular complexity index is 816. The van der Waals surface area contributed by atoms with Crippen molar-refractivity contribution < 1.29 is 0 Å². The maximum absolute atomic E-state index is 4.63. The molecule has 0 radical (unpaired) electrons. The van der Waals surface area contributed by atoms with Crippen LogP contribution in [-0.4, -0.2) is 36.4 Å². The molecule has 0 aliphatic carbocycles. The molecular weight excluding hydrogens is 300 g/mol. The lowest BCUT2D eigenvalue weighted by molar-refractivity contribution is 0.194. The standard InChI is InChI=1S/C18H22N6/c1-3-13-4-5-14(19-8-13)9-24-7-6-15-17(23-11-21-15)18(24)16-12(2)20-10-22-16/h4-5,8,10-11,18H,3,6-7,9H2,1-2H3,(H,20,22)(H,21,23)/t18-/m1/s1. The van der Waals surface area contributed by atoms with Crippen LogP contribution in [0.4, 0.5) is 0 Å². The quantitative estimate of drug-likeness (QED) is 0.774. The van der Waals surface area contributed by atoms with Gasteiger partial charge in [0.2, 0.25) is 0 Å². The summed E-state index contributed by atoms with van der Waals surface area (Å²) >= 11 is 0. The molecule has 2 N–H and O–H groups in total. The van der Waals surface area contributed by atoms with E-state index in [1.54, 1.807) is 12.7 Å². The fourth-order valence-electron chi connectivity index (χ4n) is 3.41. The molecule has 0 saturated carbocycles. The highest BCUT2D eigenvalue weighted by molar-refractivity contribution is 5.31. The zero-order valence-electron chi connectivity index (χ0n) is 14.1. The number of pyridine rings is 1. The maximum Gasteiger partial charge on any atom is 0.0990 e. The number of H-pyrrole nitrogens is 2. The third-order valence-electron chi connectivity index (χ3n) is 4.81. The van der Waals surface area contributed by atoms with E-state index in [4.69, 9.17) is 0 Å². The Morgan fingerprint density at radius 2 is 1.96 bits per heavy atom. The smallest absolute Gasteiger partial charge is 0.0990 e. The van der Waals surface area contributed by atoms with E-state index in [2.05, 4.69) is 55.8 Å². The number of imidazole rings is 2. The molecule has 0 fully saturated rings. The van der Waals surface area contributed by atoms with Gasteiger partial charge in [0.05, 0.1) is 35.8 Å². The van der Waals surface area contributed by atoms with Gasteiger partial charge >= 0.3 is 0 Å². The van der Waals surface area contributed by atoms with Crippen LogP contribution >= 0.6 is 0 Å². The van der Waals surface area contributed by atoms with E-state index in [-0.39, 0.29) is 6.04 Å². The Balaban J connectivity index is 1.67. The summed E-state index contributed by atoms with van der Waals surface area (Å²) in [4.78, 5) is 22.7. The minimum atomic E-state index is 0.0684. The number of rotatable bonds is 4. The first-order chi connectivity index (χ1) is 11.8. The number of nitrogens with zero attached hydrogens (tertiary/aromatic N) is 4. The highest BCUT2D eigenvalue weighted by Crippen LogP contribution is 2.34. The molecule has 1 atom stereocenters. The van der Waals surface area contributed by atoms with Gasteiger partial charge in [-0.2, -0.15) is 0 Å². The van der Waals surface area contributed by atoms with Crippen LogP contribution in [0.25, 0.3) is 0 Å². The maximum atomic E-state index is 4.63. The normalized spacial score (nSPS) is 17.8. The molecule has 1 aliphatic rings. The number of hydrogen-bond donors (Lipinski definition) is 2. The predicted octanol–water partition coefficient (Wildman–Crippen LogP) is 2.55. The summed E-state index contributed by atoms with van der Waals surface area (Å²) in [5.41, 5.74) is 6.80. The molecule has 3 aromatic heterocycles. The largest absolute Gasteiger partial charge is 0.348 e. The second-order valence-electron chi connectivity index (χ2n) is 6.31. The first-order valence-electron chi connectivity index (χ1n) is 8.46. The fraction of sp³-hybridized carbons (Fsp3) is 0.389. The lowest BCUT2D eigenvalue weighted by Gasteiger charge is -2.34. The Hall–Kier alpha value is -2.47. The van der Waals surface area contributed by atoms with Gasteiger partial charge in [0.15, 0.2) is 0 Å². The lowest BCUT2D eigenvalue weighted by atomic mass is 9.98. The number of nitrogens with one attached hydrogen (secondary N) is 2. The first kappa shape index (κ1) is 15.1. The monoisotopic (exact) mass is 322 g/mol. The molecule has 6 heteroatoms. The minimum absolute atomic E-state index is 0.0684. The zero-order chi connectivity index (χ0) is 16.5. The Morgan fingerprint density at radius 1 is 1.12 bits per heavy atom. The van der Waals surface area contributed by atoms with Crippen molar-refractivity contribution in [3.8, 4) is 0 Å². The Morgan fingerprint density at radius 3 is 2.67 bits per heavy atom. The molecule has 124 valence electrons. The van der Waals surface area contributed by atoms with Gasteiger partial charge in [0.1, 0.15) is 0 Å². The summed E-state index contributed by atoms with van der Waals surface area (Å²) in [6, 6.07) is 4.37. The lowest BCUT2D eigenvalue weighted by Crippen LogP contribution is -2.36. The molecule has 4 rings (SSSR count). The van der Waals surface area contributed by atoms with Crippen LogP contribution in [0.1, 0.15) is 47.0 Å². The summed E-state index contributed by atoms with van der Waals surface area (Å²) in [6.45, 7) is 5.98. The van der Waals surface area contributed by atoms with Crippen molar-refractivity contribution in [3.63, 3.8) is 0 Å². The van der Waals surface area contributed by atoms with E-state index in [0.717, 1.165) is 48.7 Å². The number of aromatic nitrogens is 5. The van der Waals surface area contributed by atoms with E-state index < -0.39 is 0 Å². The predicted molar refractivity (Wildman–Crippen MR) is 91.5 cm³/mol. The Kier molecular flexibility index (Phi) is 3.90. The van der Waals surface area contributed by atoms with Crippen LogP contribution in [0.3, 0.4) is 0 Å². The van der Waals surface area contributed by atoms with Gasteiger partial charge in [-0.25, -0.2) is 9.97 Å². The number of aryl methyl sites for hydroxylation is 2. The van der Waals surface area contributed by atoms with Crippen molar-refractivity contribution >= 4 is 0 Å². The summed E-state index contributed by atoms with van der Waals surface area (Å²) in [5, 5.41) is 0. The van der Waals surface area contributed by atoms with Gasteiger partial charge in [-0.05, 0) is 25.0 Å². The van der Waals surface area contributed by atoms with Crippen molar-refractivity contribution in [2.45, 2.75) is 39.3 Å². The molecule has 0 bridgehead atoms. The molecule has 0 unspecified atom stereocenters. The van der Waals surface area contributed by atoms with Crippen molar-refractivity contribution in [2.24, 2.45) is 0 Å². The van der Waals surface area contributed by atoms with E-state index in [0.29, 0.717) is 0 Å². The number of fused-ring (bicyclic) bond motifs is 1. The van der Waals surface area contributed by atoms with E-state index >= 15 is 0 Å². The number of hydrogen-bond acceptors (Lipinski definition) is 4. The minimum Gasteiger partial charge on any atom is -0.348 e. The molecule has 24 heavy (non-hydrogen) atoms.